The summed E-state index contributed by atoms with van der Waals surface area (Å²) < 4.78 is 16.2. The van der Waals surface area contributed by atoms with Gasteiger partial charge in [0.2, 0.25) is 0 Å². The Bertz CT molecular complexity index is 599. The van der Waals surface area contributed by atoms with Gasteiger partial charge >= 0.3 is 0 Å². The Balaban J connectivity index is 1.59. The number of rotatable bonds is 3. The van der Waals surface area contributed by atoms with E-state index in [4.69, 9.17) is 0 Å². The molecule has 5 rings (SSSR count). The molecule has 4 fully saturated rings. The number of nitrogens with one attached hydrogen (secondary N) is 1. The summed E-state index contributed by atoms with van der Waals surface area (Å²) in [6.45, 7) is 0. The third kappa shape index (κ3) is 2.33. The first-order valence-electron chi connectivity index (χ1n) is 7.86. The highest BCUT2D eigenvalue weighted by Crippen LogP contribution is 2.55. The van der Waals surface area contributed by atoms with Gasteiger partial charge in [-0.2, -0.15) is 5.26 Å². The lowest BCUT2D eigenvalue weighted by Crippen LogP contribution is -2.58. The molecule has 3 nitrogen and oxygen atoms in total. The molecule has 4 aliphatic rings. The van der Waals surface area contributed by atoms with Crippen LogP contribution in [0.3, 0.4) is 0 Å². The molecule has 0 amide bonds. The van der Waals surface area contributed by atoms with Gasteiger partial charge in [-0.3, -0.25) is 0 Å². The largest absolute Gasteiger partial charge is 0.237 e. The van der Waals surface area contributed by atoms with Crippen LogP contribution in [0, 0.1) is 29.1 Å². The standard InChI is InChI=1S/C17H20N2OS/c18-11-15-3-1-2-4-16(15)21(20)19-17-8-12-5-13(9-17)7-14(6-12)10-17/h1-4,12-14,19H,5-10H2. The Morgan fingerprint density at radius 2 is 1.67 bits per heavy atom. The zero-order valence-corrected chi connectivity index (χ0v) is 12.9. The highest BCUT2D eigenvalue weighted by Gasteiger charge is 2.51. The van der Waals surface area contributed by atoms with E-state index in [0.29, 0.717) is 10.5 Å². The highest BCUT2D eigenvalue weighted by atomic mass is 32.2. The van der Waals surface area contributed by atoms with Crippen LogP contribution in [0.5, 0.6) is 0 Å². The van der Waals surface area contributed by atoms with Crippen molar-refractivity contribution < 1.29 is 4.21 Å². The van der Waals surface area contributed by atoms with Gasteiger partial charge in [0.25, 0.3) is 0 Å². The van der Waals surface area contributed by atoms with E-state index in [0.717, 1.165) is 17.8 Å². The fourth-order valence-electron chi connectivity index (χ4n) is 5.21. The molecule has 4 saturated carbocycles. The van der Waals surface area contributed by atoms with Crippen LogP contribution in [0.2, 0.25) is 0 Å². The van der Waals surface area contributed by atoms with Crippen molar-refractivity contribution in [2.45, 2.75) is 49.0 Å². The van der Waals surface area contributed by atoms with Gasteiger partial charge in [-0.1, -0.05) is 12.1 Å². The summed E-state index contributed by atoms with van der Waals surface area (Å²) in [5, 5.41) is 9.18. The van der Waals surface area contributed by atoms with Crippen molar-refractivity contribution in [3.8, 4) is 6.07 Å². The lowest BCUT2D eigenvalue weighted by Gasteiger charge is -2.56. The molecular weight excluding hydrogens is 280 g/mol. The summed E-state index contributed by atoms with van der Waals surface area (Å²) in [6, 6.07) is 9.38. The Morgan fingerprint density at radius 1 is 1.10 bits per heavy atom. The van der Waals surface area contributed by atoms with Gasteiger partial charge in [0.05, 0.1) is 10.5 Å². The van der Waals surface area contributed by atoms with Crippen molar-refractivity contribution in [2.24, 2.45) is 17.8 Å². The van der Waals surface area contributed by atoms with Crippen LogP contribution in [0.15, 0.2) is 29.2 Å². The fraction of sp³-hybridized carbons (Fsp3) is 0.588. The summed E-state index contributed by atoms with van der Waals surface area (Å²) in [5.41, 5.74) is 0.579. The zero-order chi connectivity index (χ0) is 14.4. The molecule has 1 N–H and O–H groups in total. The average molecular weight is 300 g/mol. The average Bonchev–Trinajstić information content (AvgIpc) is 2.45. The van der Waals surface area contributed by atoms with E-state index in [9.17, 15) is 9.47 Å². The van der Waals surface area contributed by atoms with Crippen molar-refractivity contribution in [1.29, 1.82) is 5.26 Å². The lowest BCUT2D eigenvalue weighted by molar-refractivity contribution is -0.00748. The smallest absolute Gasteiger partial charge is 0.126 e. The third-order valence-electron chi connectivity index (χ3n) is 5.55. The number of nitriles is 1. The third-order valence-corrected chi connectivity index (χ3v) is 6.93. The van der Waals surface area contributed by atoms with E-state index in [2.05, 4.69) is 10.8 Å². The molecule has 1 atom stereocenters. The molecule has 0 radical (unpaired) electrons. The predicted molar refractivity (Wildman–Crippen MR) is 81.6 cm³/mol. The van der Waals surface area contributed by atoms with Gasteiger partial charge in [-0.25, -0.2) is 8.93 Å². The Kier molecular flexibility index (Phi) is 3.16. The van der Waals surface area contributed by atoms with Crippen molar-refractivity contribution in [1.82, 2.24) is 4.72 Å². The molecule has 0 saturated heterocycles. The molecule has 0 spiro atoms. The number of hydrogen-bond donors (Lipinski definition) is 1. The topological polar surface area (TPSA) is 52.9 Å². The van der Waals surface area contributed by atoms with Crippen molar-refractivity contribution in [3.05, 3.63) is 29.8 Å². The molecule has 4 heteroatoms. The van der Waals surface area contributed by atoms with Crippen LogP contribution < -0.4 is 4.72 Å². The van der Waals surface area contributed by atoms with E-state index in [1.54, 1.807) is 6.07 Å². The van der Waals surface area contributed by atoms with Crippen LogP contribution in [-0.2, 0) is 11.0 Å². The van der Waals surface area contributed by atoms with Crippen LogP contribution in [0.4, 0.5) is 0 Å². The maximum absolute atomic E-state index is 12.8. The quantitative estimate of drug-likeness (QED) is 0.932. The summed E-state index contributed by atoms with van der Waals surface area (Å²) >= 11 is 0. The lowest BCUT2D eigenvalue weighted by atomic mass is 9.53. The second kappa shape index (κ2) is 4.93. The minimum atomic E-state index is -1.28. The number of benzene rings is 1. The van der Waals surface area contributed by atoms with Crippen LogP contribution in [-0.4, -0.2) is 9.75 Å². The summed E-state index contributed by atoms with van der Waals surface area (Å²) in [7, 11) is -1.28. The second-order valence-corrected chi connectivity index (χ2v) is 8.36. The summed E-state index contributed by atoms with van der Waals surface area (Å²) in [4.78, 5) is 0.635. The zero-order valence-electron chi connectivity index (χ0n) is 12.0. The van der Waals surface area contributed by atoms with Crippen LogP contribution in [0.1, 0.15) is 44.1 Å². The van der Waals surface area contributed by atoms with Gasteiger partial charge in [-0.05, 0) is 68.4 Å². The van der Waals surface area contributed by atoms with Gasteiger partial charge in [-0.15, -0.1) is 0 Å². The maximum Gasteiger partial charge on any atom is 0.126 e. The van der Waals surface area contributed by atoms with Crippen molar-refractivity contribution in [2.75, 3.05) is 0 Å². The van der Waals surface area contributed by atoms with Crippen molar-refractivity contribution in [3.63, 3.8) is 0 Å². The number of nitrogens with zero attached hydrogens (tertiary/aromatic N) is 1. The summed E-state index contributed by atoms with van der Waals surface area (Å²) in [5.74, 6) is 2.48. The van der Waals surface area contributed by atoms with E-state index >= 15 is 0 Å². The molecule has 4 aliphatic carbocycles. The molecular formula is C17H20N2OS. The SMILES string of the molecule is N#Cc1ccccc1S(=O)NC12CC3CC(CC(C3)C1)C2. The minimum Gasteiger partial charge on any atom is -0.237 e. The van der Waals surface area contributed by atoms with Crippen LogP contribution >= 0.6 is 0 Å². The molecule has 1 aromatic rings. The van der Waals surface area contributed by atoms with Gasteiger partial charge < -0.3 is 0 Å². The molecule has 110 valence electrons. The first-order chi connectivity index (χ1) is 10.2. The van der Waals surface area contributed by atoms with E-state index in [1.807, 2.05) is 18.2 Å². The molecule has 0 heterocycles. The Hall–Kier alpha value is -1.18. The Labute approximate surface area is 128 Å². The van der Waals surface area contributed by atoms with Crippen LogP contribution in [0.25, 0.3) is 0 Å². The predicted octanol–water partition coefficient (Wildman–Crippen LogP) is 3.14. The fourth-order valence-corrected chi connectivity index (χ4v) is 6.48. The van der Waals surface area contributed by atoms with Gasteiger partial charge in [0, 0.05) is 5.54 Å². The molecule has 0 aromatic heterocycles. The van der Waals surface area contributed by atoms with E-state index in [1.165, 1.54) is 38.5 Å². The number of hydrogen-bond acceptors (Lipinski definition) is 2. The van der Waals surface area contributed by atoms with E-state index < -0.39 is 11.0 Å². The maximum atomic E-state index is 12.8. The molecule has 0 aliphatic heterocycles. The monoisotopic (exact) mass is 300 g/mol. The van der Waals surface area contributed by atoms with Gasteiger partial charge in [0.1, 0.15) is 17.1 Å². The minimum absolute atomic E-state index is 0.0577. The molecule has 1 aromatic carbocycles. The normalized spacial score (nSPS) is 38.1. The molecule has 21 heavy (non-hydrogen) atoms. The van der Waals surface area contributed by atoms with E-state index in [-0.39, 0.29) is 5.54 Å². The second-order valence-electron chi connectivity index (χ2n) is 7.18. The Morgan fingerprint density at radius 3 is 2.24 bits per heavy atom. The highest BCUT2D eigenvalue weighted by molar-refractivity contribution is 7.83. The summed E-state index contributed by atoms with van der Waals surface area (Å²) in [6.07, 6.45) is 7.63. The molecule has 4 bridgehead atoms. The van der Waals surface area contributed by atoms with Gasteiger partial charge in [0.15, 0.2) is 0 Å². The first-order valence-corrected chi connectivity index (χ1v) is 9.01. The first kappa shape index (κ1) is 13.5. The molecule has 1 unspecified atom stereocenters. The van der Waals surface area contributed by atoms with Crippen molar-refractivity contribution >= 4 is 11.0 Å².